The molecule has 0 aliphatic rings. The molecule has 20 heavy (non-hydrogen) atoms. The number of aliphatic hydroxyl groups excluding tert-OH is 1. The standard InChI is InChI=1S/C15H22BrNO3/c1-20-14-7-3-2-6-13(14)12-17(10-11-18)15(19)8-4-5-9-16/h2-3,6-7,18H,4-5,8-12H2,1H3. The molecule has 0 saturated carbocycles. The molecule has 1 aromatic rings. The van der Waals surface area contributed by atoms with Crippen molar-refractivity contribution >= 4 is 21.8 Å². The summed E-state index contributed by atoms with van der Waals surface area (Å²) >= 11 is 3.36. The van der Waals surface area contributed by atoms with E-state index >= 15 is 0 Å². The van der Waals surface area contributed by atoms with E-state index in [9.17, 15) is 4.79 Å². The van der Waals surface area contributed by atoms with Crippen molar-refractivity contribution < 1.29 is 14.6 Å². The van der Waals surface area contributed by atoms with Crippen LogP contribution in [0.1, 0.15) is 24.8 Å². The van der Waals surface area contributed by atoms with Gasteiger partial charge >= 0.3 is 0 Å². The van der Waals surface area contributed by atoms with E-state index in [4.69, 9.17) is 9.84 Å². The van der Waals surface area contributed by atoms with Crippen LogP contribution in [0.4, 0.5) is 0 Å². The van der Waals surface area contributed by atoms with Crippen molar-refractivity contribution in [1.29, 1.82) is 0 Å². The molecule has 0 radical (unpaired) electrons. The highest BCUT2D eigenvalue weighted by molar-refractivity contribution is 9.09. The number of unbranched alkanes of at least 4 members (excludes halogenated alkanes) is 1. The number of halogens is 1. The molecule has 1 aromatic carbocycles. The quantitative estimate of drug-likeness (QED) is 0.553. The Labute approximate surface area is 128 Å². The maximum atomic E-state index is 12.2. The van der Waals surface area contributed by atoms with E-state index in [-0.39, 0.29) is 12.5 Å². The lowest BCUT2D eigenvalue weighted by atomic mass is 10.1. The first kappa shape index (κ1) is 17.0. The van der Waals surface area contributed by atoms with E-state index < -0.39 is 0 Å². The second kappa shape index (κ2) is 9.77. The van der Waals surface area contributed by atoms with Gasteiger partial charge in [0.2, 0.25) is 5.91 Å². The van der Waals surface area contributed by atoms with Gasteiger partial charge in [-0.25, -0.2) is 0 Å². The molecule has 4 nitrogen and oxygen atoms in total. The molecule has 0 saturated heterocycles. The highest BCUT2D eigenvalue weighted by atomic mass is 79.9. The summed E-state index contributed by atoms with van der Waals surface area (Å²) in [6.45, 7) is 0.794. The maximum absolute atomic E-state index is 12.2. The maximum Gasteiger partial charge on any atom is 0.222 e. The predicted molar refractivity (Wildman–Crippen MR) is 83.1 cm³/mol. The van der Waals surface area contributed by atoms with Gasteiger partial charge in [0, 0.05) is 30.4 Å². The summed E-state index contributed by atoms with van der Waals surface area (Å²) in [6.07, 6.45) is 2.35. The van der Waals surface area contributed by atoms with Gasteiger partial charge in [0.15, 0.2) is 0 Å². The summed E-state index contributed by atoms with van der Waals surface area (Å²) in [5, 5.41) is 10.0. The lowest BCUT2D eigenvalue weighted by molar-refractivity contribution is -0.132. The molecule has 0 bridgehead atoms. The fraction of sp³-hybridized carbons (Fsp3) is 0.533. The number of carbonyl (C=O) groups is 1. The predicted octanol–water partition coefficient (Wildman–Crippen LogP) is 2.58. The van der Waals surface area contributed by atoms with Crippen LogP contribution in [0.25, 0.3) is 0 Å². The van der Waals surface area contributed by atoms with Crippen molar-refractivity contribution in [2.75, 3.05) is 25.6 Å². The molecule has 0 atom stereocenters. The van der Waals surface area contributed by atoms with Crippen molar-refractivity contribution in [3.8, 4) is 5.75 Å². The fourth-order valence-electron chi connectivity index (χ4n) is 1.98. The van der Waals surface area contributed by atoms with Gasteiger partial charge in [-0.15, -0.1) is 0 Å². The molecule has 0 unspecified atom stereocenters. The number of hydrogen-bond acceptors (Lipinski definition) is 3. The molecule has 1 rings (SSSR count). The van der Waals surface area contributed by atoms with E-state index in [2.05, 4.69) is 15.9 Å². The number of nitrogens with zero attached hydrogens (tertiary/aromatic N) is 1. The Morgan fingerprint density at radius 3 is 2.75 bits per heavy atom. The van der Waals surface area contributed by atoms with Crippen LogP contribution in [0.5, 0.6) is 5.75 Å². The van der Waals surface area contributed by atoms with Gasteiger partial charge in [0.1, 0.15) is 5.75 Å². The molecule has 0 heterocycles. The van der Waals surface area contributed by atoms with Gasteiger partial charge in [0.25, 0.3) is 0 Å². The topological polar surface area (TPSA) is 49.8 Å². The summed E-state index contributed by atoms with van der Waals surface area (Å²) in [6, 6.07) is 7.64. The van der Waals surface area contributed by atoms with Crippen LogP contribution in [0.15, 0.2) is 24.3 Å². The number of carbonyl (C=O) groups excluding carboxylic acids is 1. The van der Waals surface area contributed by atoms with Crippen LogP contribution in [-0.2, 0) is 11.3 Å². The van der Waals surface area contributed by atoms with Gasteiger partial charge in [0.05, 0.1) is 13.7 Å². The van der Waals surface area contributed by atoms with Crippen LogP contribution in [0.3, 0.4) is 0 Å². The molecule has 0 spiro atoms. The molecule has 1 N–H and O–H groups in total. The van der Waals surface area contributed by atoms with Gasteiger partial charge in [-0.3, -0.25) is 4.79 Å². The van der Waals surface area contributed by atoms with Crippen molar-refractivity contribution in [1.82, 2.24) is 4.90 Å². The zero-order valence-electron chi connectivity index (χ0n) is 11.8. The lowest BCUT2D eigenvalue weighted by Crippen LogP contribution is -2.33. The first-order valence-electron chi connectivity index (χ1n) is 6.79. The van der Waals surface area contributed by atoms with Gasteiger partial charge in [-0.05, 0) is 18.9 Å². The van der Waals surface area contributed by atoms with Crippen LogP contribution < -0.4 is 4.74 Å². The molecule has 5 heteroatoms. The van der Waals surface area contributed by atoms with Crippen molar-refractivity contribution in [3.63, 3.8) is 0 Å². The summed E-state index contributed by atoms with van der Waals surface area (Å²) in [4.78, 5) is 13.9. The minimum Gasteiger partial charge on any atom is -0.496 e. The third kappa shape index (κ3) is 5.51. The first-order chi connectivity index (χ1) is 9.72. The van der Waals surface area contributed by atoms with Crippen LogP contribution in [0.2, 0.25) is 0 Å². The first-order valence-corrected chi connectivity index (χ1v) is 7.91. The second-order valence-electron chi connectivity index (χ2n) is 4.50. The number of ether oxygens (including phenoxy) is 1. The van der Waals surface area contributed by atoms with E-state index in [1.807, 2.05) is 24.3 Å². The Kier molecular flexibility index (Phi) is 8.30. The smallest absolute Gasteiger partial charge is 0.222 e. The second-order valence-corrected chi connectivity index (χ2v) is 5.29. The molecular formula is C15H22BrNO3. The third-order valence-corrected chi connectivity index (χ3v) is 3.61. The van der Waals surface area contributed by atoms with Crippen molar-refractivity contribution in [3.05, 3.63) is 29.8 Å². The fourth-order valence-corrected chi connectivity index (χ4v) is 2.38. The van der Waals surface area contributed by atoms with Crippen molar-refractivity contribution in [2.45, 2.75) is 25.8 Å². The third-order valence-electron chi connectivity index (χ3n) is 3.05. The minimum absolute atomic E-state index is 0.0284. The molecule has 0 aliphatic carbocycles. The molecule has 112 valence electrons. The van der Waals surface area contributed by atoms with Crippen LogP contribution in [0, 0.1) is 0 Å². The average molecular weight is 344 g/mol. The summed E-state index contributed by atoms with van der Waals surface area (Å²) < 4.78 is 5.30. The average Bonchev–Trinajstić information content (AvgIpc) is 2.47. The van der Waals surface area contributed by atoms with Gasteiger partial charge in [-0.1, -0.05) is 34.1 Å². The Morgan fingerprint density at radius 2 is 2.10 bits per heavy atom. The minimum atomic E-state index is -0.0284. The number of benzene rings is 1. The Balaban J connectivity index is 2.68. The Bertz CT molecular complexity index is 412. The van der Waals surface area contributed by atoms with Crippen LogP contribution in [-0.4, -0.2) is 41.5 Å². The molecule has 0 aliphatic heterocycles. The largest absolute Gasteiger partial charge is 0.496 e. The zero-order valence-corrected chi connectivity index (χ0v) is 13.4. The summed E-state index contributed by atoms with van der Waals surface area (Å²) in [5.41, 5.74) is 0.956. The molecule has 0 fully saturated rings. The number of alkyl halides is 1. The number of para-hydroxylation sites is 1. The lowest BCUT2D eigenvalue weighted by Gasteiger charge is -2.23. The number of methoxy groups -OCH3 is 1. The molecular weight excluding hydrogens is 322 g/mol. The number of amides is 1. The monoisotopic (exact) mass is 343 g/mol. The normalized spacial score (nSPS) is 10.3. The van der Waals surface area contributed by atoms with Crippen LogP contribution >= 0.6 is 15.9 Å². The highest BCUT2D eigenvalue weighted by Gasteiger charge is 2.15. The number of rotatable bonds is 9. The summed E-state index contributed by atoms with van der Waals surface area (Å²) in [5.74, 6) is 0.842. The zero-order chi connectivity index (χ0) is 14.8. The van der Waals surface area contributed by atoms with Crippen molar-refractivity contribution in [2.24, 2.45) is 0 Å². The Morgan fingerprint density at radius 1 is 1.35 bits per heavy atom. The van der Waals surface area contributed by atoms with E-state index in [1.165, 1.54) is 0 Å². The van der Waals surface area contributed by atoms with E-state index in [1.54, 1.807) is 12.0 Å². The number of hydrogen-bond donors (Lipinski definition) is 1. The van der Waals surface area contributed by atoms with Gasteiger partial charge in [-0.2, -0.15) is 0 Å². The molecule has 1 amide bonds. The van der Waals surface area contributed by atoms with E-state index in [0.29, 0.717) is 19.5 Å². The highest BCUT2D eigenvalue weighted by Crippen LogP contribution is 2.19. The van der Waals surface area contributed by atoms with Gasteiger partial charge < -0.3 is 14.7 Å². The number of aliphatic hydroxyl groups is 1. The SMILES string of the molecule is COc1ccccc1CN(CCO)C(=O)CCCCBr. The summed E-state index contributed by atoms with van der Waals surface area (Å²) in [7, 11) is 1.62. The Hall–Kier alpha value is -1.07. The van der Waals surface area contributed by atoms with E-state index in [0.717, 1.165) is 29.5 Å². The molecule has 0 aromatic heterocycles.